The highest BCUT2D eigenvalue weighted by Gasteiger charge is 2.21. The lowest BCUT2D eigenvalue weighted by Gasteiger charge is -2.17. The number of hydrogen-bond donors (Lipinski definition) is 1. The maximum Gasteiger partial charge on any atom is 0.254 e. The number of carbonyl (C=O) groups is 1. The minimum atomic E-state index is -0.0256. The van der Waals surface area contributed by atoms with Crippen LogP contribution in [0.5, 0.6) is 0 Å². The van der Waals surface area contributed by atoms with Crippen LogP contribution in [0.15, 0.2) is 6.20 Å². The largest absolute Gasteiger partial charge is 0.349 e. The molecule has 108 valence electrons. The number of rotatable bonds is 3. The van der Waals surface area contributed by atoms with Crippen molar-refractivity contribution in [2.45, 2.75) is 51.5 Å². The van der Waals surface area contributed by atoms with Gasteiger partial charge in [0.2, 0.25) is 5.95 Å². The molecule has 20 heavy (non-hydrogen) atoms. The predicted octanol–water partition coefficient (Wildman–Crippen LogP) is 2.06. The summed E-state index contributed by atoms with van der Waals surface area (Å²) in [6.45, 7) is 3.94. The Morgan fingerprint density at radius 3 is 2.60 bits per heavy atom. The molecule has 0 spiro atoms. The van der Waals surface area contributed by atoms with E-state index in [1.807, 2.05) is 6.92 Å². The summed E-state index contributed by atoms with van der Waals surface area (Å²) in [5.41, 5.74) is 1.39. The summed E-state index contributed by atoms with van der Waals surface area (Å²) < 4.78 is 0. The smallest absolute Gasteiger partial charge is 0.254 e. The van der Waals surface area contributed by atoms with Gasteiger partial charge in [0.25, 0.3) is 5.91 Å². The molecule has 1 N–H and O–H groups in total. The van der Waals surface area contributed by atoms with Crippen LogP contribution in [-0.2, 0) is 0 Å². The highest BCUT2D eigenvalue weighted by Crippen LogP contribution is 2.19. The number of carbonyl (C=O) groups excluding carboxylic acids is 1. The monoisotopic (exact) mass is 274 g/mol. The fourth-order valence-corrected chi connectivity index (χ4v) is 3.08. The second-order valence-corrected chi connectivity index (χ2v) is 5.82. The van der Waals surface area contributed by atoms with Crippen LogP contribution in [0, 0.1) is 6.92 Å². The first-order valence-corrected chi connectivity index (χ1v) is 7.63. The van der Waals surface area contributed by atoms with E-state index >= 15 is 0 Å². The molecule has 1 aliphatic carbocycles. The maximum atomic E-state index is 12.2. The molecule has 2 fully saturated rings. The molecular formula is C15H22N4O. The van der Waals surface area contributed by atoms with Gasteiger partial charge in [0.1, 0.15) is 0 Å². The standard InChI is InChI=1S/C15H22N4O/c1-11-13(14(20)18-12-6-2-3-7-12)10-16-15(17-11)19-8-4-5-9-19/h10,12H,2-9H2,1H3,(H,18,20). The van der Waals surface area contributed by atoms with Gasteiger partial charge in [-0.3, -0.25) is 4.79 Å². The molecule has 1 saturated heterocycles. The molecular weight excluding hydrogens is 252 g/mol. The molecule has 0 radical (unpaired) electrons. The van der Waals surface area contributed by atoms with E-state index < -0.39 is 0 Å². The summed E-state index contributed by atoms with van der Waals surface area (Å²) in [5.74, 6) is 0.736. The van der Waals surface area contributed by atoms with E-state index in [1.54, 1.807) is 6.20 Å². The number of aromatic nitrogens is 2. The Bertz CT molecular complexity index is 491. The van der Waals surface area contributed by atoms with Crippen LogP contribution < -0.4 is 10.2 Å². The van der Waals surface area contributed by atoms with Crippen LogP contribution in [-0.4, -0.2) is 35.0 Å². The van der Waals surface area contributed by atoms with Crippen molar-refractivity contribution in [1.82, 2.24) is 15.3 Å². The molecule has 1 aromatic heterocycles. The second-order valence-electron chi connectivity index (χ2n) is 5.82. The van der Waals surface area contributed by atoms with Crippen molar-refractivity contribution in [2.75, 3.05) is 18.0 Å². The van der Waals surface area contributed by atoms with Crippen LogP contribution in [0.1, 0.15) is 54.6 Å². The zero-order valence-electron chi connectivity index (χ0n) is 12.1. The lowest BCUT2D eigenvalue weighted by atomic mass is 10.2. The van der Waals surface area contributed by atoms with Gasteiger partial charge in [0, 0.05) is 25.3 Å². The van der Waals surface area contributed by atoms with Crippen LogP contribution in [0.3, 0.4) is 0 Å². The third-order valence-electron chi connectivity index (χ3n) is 4.29. The Labute approximate surface area is 119 Å². The first-order chi connectivity index (χ1) is 9.74. The maximum absolute atomic E-state index is 12.2. The van der Waals surface area contributed by atoms with Gasteiger partial charge < -0.3 is 10.2 Å². The lowest BCUT2D eigenvalue weighted by Crippen LogP contribution is -2.33. The Balaban J connectivity index is 1.71. The molecule has 0 bridgehead atoms. The molecule has 2 heterocycles. The Hall–Kier alpha value is -1.65. The predicted molar refractivity (Wildman–Crippen MR) is 77.9 cm³/mol. The third kappa shape index (κ3) is 2.76. The van der Waals surface area contributed by atoms with Crippen LogP contribution in [0.2, 0.25) is 0 Å². The van der Waals surface area contributed by atoms with E-state index in [0.29, 0.717) is 11.6 Å². The number of nitrogens with one attached hydrogen (secondary N) is 1. The first kappa shape index (κ1) is 13.3. The molecule has 0 atom stereocenters. The van der Waals surface area contributed by atoms with Crippen molar-refractivity contribution < 1.29 is 4.79 Å². The number of aryl methyl sites for hydroxylation is 1. The second kappa shape index (κ2) is 5.77. The van der Waals surface area contributed by atoms with Gasteiger partial charge in [-0.15, -0.1) is 0 Å². The van der Waals surface area contributed by atoms with Gasteiger partial charge in [-0.25, -0.2) is 9.97 Å². The Morgan fingerprint density at radius 2 is 1.95 bits per heavy atom. The van der Waals surface area contributed by atoms with Gasteiger partial charge in [-0.05, 0) is 32.6 Å². The van der Waals surface area contributed by atoms with Crippen LogP contribution >= 0.6 is 0 Å². The van der Waals surface area contributed by atoms with Crippen molar-refractivity contribution in [3.63, 3.8) is 0 Å². The van der Waals surface area contributed by atoms with Crippen LogP contribution in [0.25, 0.3) is 0 Å². The third-order valence-corrected chi connectivity index (χ3v) is 4.29. The van der Waals surface area contributed by atoms with Gasteiger partial charge in [0.05, 0.1) is 11.3 Å². The summed E-state index contributed by atoms with van der Waals surface area (Å²) >= 11 is 0. The van der Waals surface area contributed by atoms with Crippen molar-refractivity contribution >= 4 is 11.9 Å². The van der Waals surface area contributed by atoms with Gasteiger partial charge >= 0.3 is 0 Å². The number of amides is 1. The summed E-state index contributed by atoms with van der Waals surface area (Å²) in [6, 6.07) is 0.333. The molecule has 1 saturated carbocycles. The topological polar surface area (TPSA) is 58.1 Å². The fourth-order valence-electron chi connectivity index (χ4n) is 3.08. The average Bonchev–Trinajstić information content (AvgIpc) is 3.11. The van der Waals surface area contributed by atoms with Gasteiger partial charge in [-0.1, -0.05) is 12.8 Å². The van der Waals surface area contributed by atoms with E-state index in [4.69, 9.17) is 0 Å². The SMILES string of the molecule is Cc1nc(N2CCCC2)ncc1C(=O)NC1CCCC1. The zero-order chi connectivity index (χ0) is 13.9. The van der Waals surface area contributed by atoms with Gasteiger partial charge in [-0.2, -0.15) is 0 Å². The summed E-state index contributed by atoms with van der Waals surface area (Å²) in [7, 11) is 0. The highest BCUT2D eigenvalue weighted by molar-refractivity contribution is 5.95. The van der Waals surface area contributed by atoms with Crippen LogP contribution in [0.4, 0.5) is 5.95 Å². The number of anilines is 1. The molecule has 1 aromatic rings. The summed E-state index contributed by atoms with van der Waals surface area (Å²) in [5, 5.41) is 3.09. The van der Waals surface area contributed by atoms with Gasteiger partial charge in [0.15, 0.2) is 0 Å². The minimum absolute atomic E-state index is 0.0256. The molecule has 2 aliphatic rings. The molecule has 1 aliphatic heterocycles. The van der Waals surface area contributed by atoms with Crippen molar-refractivity contribution in [3.8, 4) is 0 Å². The fraction of sp³-hybridized carbons (Fsp3) is 0.667. The first-order valence-electron chi connectivity index (χ1n) is 7.63. The number of nitrogens with zero attached hydrogens (tertiary/aromatic N) is 3. The number of hydrogen-bond acceptors (Lipinski definition) is 4. The lowest BCUT2D eigenvalue weighted by molar-refractivity contribution is 0.0936. The quantitative estimate of drug-likeness (QED) is 0.916. The Kier molecular flexibility index (Phi) is 3.85. The van der Waals surface area contributed by atoms with E-state index in [9.17, 15) is 4.79 Å². The van der Waals surface area contributed by atoms with E-state index in [2.05, 4.69) is 20.2 Å². The minimum Gasteiger partial charge on any atom is -0.349 e. The average molecular weight is 274 g/mol. The van der Waals surface area contributed by atoms with E-state index in [-0.39, 0.29) is 5.91 Å². The van der Waals surface area contributed by atoms with Crippen molar-refractivity contribution in [2.24, 2.45) is 0 Å². The molecule has 1 amide bonds. The molecule has 0 unspecified atom stereocenters. The molecule has 5 nitrogen and oxygen atoms in total. The molecule has 5 heteroatoms. The van der Waals surface area contributed by atoms with E-state index in [0.717, 1.165) is 37.6 Å². The van der Waals surface area contributed by atoms with E-state index in [1.165, 1.54) is 25.7 Å². The van der Waals surface area contributed by atoms with Crippen molar-refractivity contribution in [3.05, 3.63) is 17.5 Å². The van der Waals surface area contributed by atoms with Crippen molar-refractivity contribution in [1.29, 1.82) is 0 Å². The normalized spacial score (nSPS) is 19.6. The summed E-state index contributed by atoms with van der Waals surface area (Å²) in [6.07, 6.45) is 8.70. The highest BCUT2D eigenvalue weighted by atomic mass is 16.1. The zero-order valence-corrected chi connectivity index (χ0v) is 12.1. The Morgan fingerprint density at radius 1 is 1.25 bits per heavy atom. The molecule has 3 rings (SSSR count). The molecule has 0 aromatic carbocycles. The summed E-state index contributed by atoms with van der Waals surface area (Å²) in [4.78, 5) is 23.3.